The van der Waals surface area contributed by atoms with E-state index in [1.807, 2.05) is 19.1 Å². The number of para-hydroxylation sites is 1. The molecule has 4 rings (SSSR count). The van der Waals surface area contributed by atoms with Gasteiger partial charge in [0.2, 0.25) is 0 Å². The first-order valence-corrected chi connectivity index (χ1v) is 14.0. The molecule has 3 aromatic rings. The van der Waals surface area contributed by atoms with Crippen LogP contribution in [0.25, 0.3) is 10.4 Å². The Bertz CT molecular complexity index is 1350. The van der Waals surface area contributed by atoms with Crippen molar-refractivity contribution in [3.05, 3.63) is 63.5 Å². The highest BCUT2D eigenvalue weighted by Crippen LogP contribution is 2.40. The van der Waals surface area contributed by atoms with Crippen molar-refractivity contribution in [2.24, 2.45) is 5.41 Å². The van der Waals surface area contributed by atoms with Crippen molar-refractivity contribution in [3.63, 3.8) is 0 Å². The van der Waals surface area contributed by atoms with Crippen molar-refractivity contribution in [2.75, 3.05) is 17.7 Å². The number of aliphatic carboxylic acids is 1. The summed E-state index contributed by atoms with van der Waals surface area (Å²) in [5.41, 5.74) is 0.682. The van der Waals surface area contributed by atoms with Crippen LogP contribution in [0.2, 0.25) is 10.0 Å². The molecule has 8 nitrogen and oxygen atoms in total. The lowest BCUT2D eigenvalue weighted by Crippen LogP contribution is -2.52. The zero-order chi connectivity index (χ0) is 28.2. The molecular formula is C28H29Cl2N3O5S. The number of ether oxygens (including phenoxy) is 1. The van der Waals surface area contributed by atoms with Crippen molar-refractivity contribution in [1.82, 2.24) is 5.32 Å². The summed E-state index contributed by atoms with van der Waals surface area (Å²) in [6.07, 6.45) is 4.28. The number of carbonyl (C=O) groups is 3. The van der Waals surface area contributed by atoms with E-state index in [4.69, 9.17) is 27.9 Å². The maximum atomic E-state index is 13.6. The molecule has 1 saturated carbocycles. The number of urea groups is 1. The van der Waals surface area contributed by atoms with Gasteiger partial charge in [-0.3, -0.25) is 4.79 Å². The molecule has 1 aliphatic rings. The number of carbonyl (C=O) groups excluding carboxylic acids is 2. The third kappa shape index (κ3) is 6.66. The number of methoxy groups -OCH3 is 1. The molecule has 1 atom stereocenters. The number of thiophene rings is 1. The number of anilines is 2. The predicted molar refractivity (Wildman–Crippen MR) is 155 cm³/mol. The summed E-state index contributed by atoms with van der Waals surface area (Å²) in [4.78, 5) is 39.6. The van der Waals surface area contributed by atoms with E-state index in [0.29, 0.717) is 23.5 Å². The van der Waals surface area contributed by atoms with E-state index >= 15 is 0 Å². The van der Waals surface area contributed by atoms with Gasteiger partial charge in [0.05, 0.1) is 28.5 Å². The summed E-state index contributed by atoms with van der Waals surface area (Å²) in [6.45, 7) is 1.91. The second-order valence-electron chi connectivity index (χ2n) is 9.72. The van der Waals surface area contributed by atoms with E-state index in [0.717, 1.165) is 36.2 Å². The Morgan fingerprint density at radius 3 is 2.23 bits per heavy atom. The van der Waals surface area contributed by atoms with E-state index in [-0.39, 0.29) is 26.3 Å². The first-order valence-electron chi connectivity index (χ1n) is 12.5. The quantitative estimate of drug-likeness (QED) is 0.216. The monoisotopic (exact) mass is 589 g/mol. The maximum absolute atomic E-state index is 13.6. The fourth-order valence-corrected chi connectivity index (χ4v) is 6.33. The van der Waals surface area contributed by atoms with Crippen LogP contribution in [0, 0.1) is 5.41 Å². The molecule has 4 N–H and O–H groups in total. The van der Waals surface area contributed by atoms with Gasteiger partial charge in [-0.1, -0.05) is 55.5 Å². The van der Waals surface area contributed by atoms with Gasteiger partial charge in [0.15, 0.2) is 0 Å². The molecule has 0 aliphatic heterocycles. The summed E-state index contributed by atoms with van der Waals surface area (Å²) in [6, 6.07) is 12.0. The molecule has 0 saturated heterocycles. The molecule has 1 heterocycles. The number of amides is 3. The molecule has 3 amide bonds. The number of halogens is 2. The van der Waals surface area contributed by atoms with Gasteiger partial charge in [-0.25, -0.2) is 9.59 Å². The normalized spacial score (nSPS) is 15.2. The molecular weight excluding hydrogens is 561 g/mol. The Balaban J connectivity index is 1.65. The number of benzene rings is 2. The van der Waals surface area contributed by atoms with E-state index in [2.05, 4.69) is 16.0 Å². The zero-order valence-electron chi connectivity index (χ0n) is 21.5. The van der Waals surface area contributed by atoms with Crippen LogP contribution in [0.5, 0.6) is 5.75 Å². The highest BCUT2D eigenvalue weighted by molar-refractivity contribution is 7.18. The minimum atomic E-state index is -1.08. The summed E-state index contributed by atoms with van der Waals surface area (Å²) in [5, 5.41) is 18.6. The van der Waals surface area contributed by atoms with Gasteiger partial charge in [0.25, 0.3) is 5.91 Å². The molecule has 1 aromatic heterocycles. The Morgan fingerprint density at radius 2 is 1.64 bits per heavy atom. The SMILES string of the molecule is COc1ccc(-c2cc(NC(=O)Nc3c(Cl)cccc3Cl)c(C(=O)N[C@H](C(=O)O)C3(C)CCCCC3)s2)cc1. The molecule has 39 heavy (non-hydrogen) atoms. The lowest BCUT2D eigenvalue weighted by molar-refractivity contribution is -0.143. The molecule has 11 heteroatoms. The average Bonchev–Trinajstić information content (AvgIpc) is 3.33. The molecule has 0 unspecified atom stereocenters. The number of hydrogen-bond acceptors (Lipinski definition) is 5. The lowest BCUT2D eigenvalue weighted by Gasteiger charge is -2.38. The maximum Gasteiger partial charge on any atom is 0.326 e. The van der Waals surface area contributed by atoms with E-state index < -0.39 is 29.4 Å². The second-order valence-corrected chi connectivity index (χ2v) is 11.6. The van der Waals surface area contributed by atoms with Gasteiger partial charge >= 0.3 is 12.0 Å². The summed E-state index contributed by atoms with van der Waals surface area (Å²) in [7, 11) is 1.57. The fourth-order valence-electron chi connectivity index (χ4n) is 4.81. The largest absolute Gasteiger partial charge is 0.497 e. The smallest absolute Gasteiger partial charge is 0.326 e. The van der Waals surface area contributed by atoms with Crippen LogP contribution >= 0.6 is 34.5 Å². The summed E-state index contributed by atoms with van der Waals surface area (Å²) in [5.74, 6) is -0.988. The minimum Gasteiger partial charge on any atom is -0.497 e. The Labute approximate surface area is 240 Å². The van der Waals surface area contributed by atoms with Crippen molar-refractivity contribution in [2.45, 2.75) is 45.1 Å². The van der Waals surface area contributed by atoms with Crippen LogP contribution in [0.1, 0.15) is 48.7 Å². The summed E-state index contributed by atoms with van der Waals surface area (Å²) >= 11 is 13.5. The Kier molecular flexibility index (Phi) is 9.04. The van der Waals surface area contributed by atoms with Crippen LogP contribution in [-0.4, -0.2) is 36.2 Å². The number of hydrogen-bond donors (Lipinski definition) is 4. The molecule has 1 fully saturated rings. The topological polar surface area (TPSA) is 117 Å². The van der Waals surface area contributed by atoms with E-state index in [1.54, 1.807) is 43.5 Å². The van der Waals surface area contributed by atoms with E-state index in [9.17, 15) is 19.5 Å². The lowest BCUT2D eigenvalue weighted by atomic mass is 9.70. The minimum absolute atomic E-state index is 0.173. The molecule has 0 spiro atoms. The second kappa shape index (κ2) is 12.3. The third-order valence-electron chi connectivity index (χ3n) is 6.98. The van der Waals surface area contributed by atoms with Crippen LogP contribution in [0.15, 0.2) is 48.5 Å². The standard InChI is InChI=1S/C28H29Cl2N3O5S/c1-28(13-4-3-5-14-28)24(26(35)36)33-25(34)23-20(15-21(39-23)16-9-11-17(38-2)12-10-16)31-27(37)32-22-18(29)7-6-8-19(22)30/h6-12,15,24H,3-5,13-14H2,1-2H3,(H,33,34)(H,35,36)(H2,31,32,37)/t24-/m1/s1. The first kappa shape index (κ1) is 28.7. The fraction of sp³-hybridized carbons (Fsp3) is 0.321. The Morgan fingerprint density at radius 1 is 1.00 bits per heavy atom. The van der Waals surface area contributed by atoms with Crippen LogP contribution in [-0.2, 0) is 4.79 Å². The number of nitrogens with one attached hydrogen (secondary N) is 3. The van der Waals surface area contributed by atoms with Gasteiger partial charge in [-0.2, -0.15) is 0 Å². The van der Waals surface area contributed by atoms with Gasteiger partial charge < -0.3 is 25.8 Å². The van der Waals surface area contributed by atoms with Crippen molar-refractivity contribution >= 4 is 63.8 Å². The van der Waals surface area contributed by atoms with Crippen molar-refractivity contribution < 1.29 is 24.2 Å². The van der Waals surface area contributed by atoms with Gasteiger partial charge in [0, 0.05) is 4.88 Å². The molecule has 2 aromatic carbocycles. The van der Waals surface area contributed by atoms with Crippen molar-refractivity contribution in [1.29, 1.82) is 0 Å². The molecule has 0 radical (unpaired) electrons. The van der Waals surface area contributed by atoms with Gasteiger partial charge in [-0.05, 0) is 66.3 Å². The summed E-state index contributed by atoms with van der Waals surface area (Å²) < 4.78 is 5.23. The van der Waals surface area contributed by atoms with Crippen LogP contribution in [0.3, 0.4) is 0 Å². The van der Waals surface area contributed by atoms with Crippen molar-refractivity contribution in [3.8, 4) is 16.2 Å². The van der Waals surface area contributed by atoms with Gasteiger partial charge in [0.1, 0.15) is 16.7 Å². The number of carboxylic acids is 1. The molecule has 1 aliphatic carbocycles. The molecule has 0 bridgehead atoms. The predicted octanol–water partition coefficient (Wildman–Crippen LogP) is 7.53. The molecule has 206 valence electrons. The van der Waals surface area contributed by atoms with E-state index in [1.165, 1.54) is 0 Å². The third-order valence-corrected chi connectivity index (χ3v) is 8.79. The number of rotatable bonds is 8. The van der Waals surface area contributed by atoms with Crippen LogP contribution < -0.4 is 20.7 Å². The zero-order valence-corrected chi connectivity index (χ0v) is 23.8. The highest BCUT2D eigenvalue weighted by Gasteiger charge is 2.41. The Hall–Kier alpha value is -3.27. The average molecular weight is 591 g/mol. The van der Waals surface area contributed by atoms with Crippen LogP contribution in [0.4, 0.5) is 16.2 Å². The van der Waals surface area contributed by atoms with Gasteiger partial charge in [-0.15, -0.1) is 11.3 Å². The highest BCUT2D eigenvalue weighted by atomic mass is 35.5. The number of carboxylic acid groups (broad SMARTS) is 1. The first-order chi connectivity index (χ1) is 18.6.